The summed E-state index contributed by atoms with van der Waals surface area (Å²) in [5.41, 5.74) is 4.42. The van der Waals surface area contributed by atoms with Gasteiger partial charge in [0.25, 0.3) is 6.43 Å². The van der Waals surface area contributed by atoms with Gasteiger partial charge in [0.1, 0.15) is 11.5 Å². The highest BCUT2D eigenvalue weighted by molar-refractivity contribution is 6.31. The van der Waals surface area contributed by atoms with Gasteiger partial charge < -0.3 is 5.73 Å². The predicted molar refractivity (Wildman–Crippen MR) is 42.1 cm³/mol. The molecule has 1 aromatic rings. The second-order valence-corrected chi connectivity index (χ2v) is 2.67. The molecule has 1 heterocycles. The van der Waals surface area contributed by atoms with Gasteiger partial charge in [0.15, 0.2) is 0 Å². The molecule has 0 saturated carbocycles. The Morgan fingerprint density at radius 3 is 2.62 bits per heavy atom. The standard InChI is InChI=1S/C7H6ClF3N2/c8-6-3(9)1-4(7(10)11)13-5(6)2-12/h1,7H,2,12H2. The number of pyridine rings is 1. The van der Waals surface area contributed by atoms with Crippen LogP contribution in [0.2, 0.25) is 5.02 Å². The molecule has 1 rings (SSSR count). The van der Waals surface area contributed by atoms with Crippen molar-refractivity contribution < 1.29 is 13.2 Å². The van der Waals surface area contributed by atoms with Crippen LogP contribution in [0.15, 0.2) is 6.07 Å². The predicted octanol–water partition coefficient (Wildman–Crippen LogP) is 2.27. The average Bonchev–Trinajstić information content (AvgIpc) is 2.09. The Kier molecular flexibility index (Phi) is 3.11. The Labute approximate surface area is 77.5 Å². The third-order valence-electron chi connectivity index (χ3n) is 1.42. The number of aromatic nitrogens is 1. The lowest BCUT2D eigenvalue weighted by atomic mass is 10.3. The summed E-state index contributed by atoms with van der Waals surface area (Å²) in [6, 6.07) is 0.603. The maximum Gasteiger partial charge on any atom is 0.280 e. The second kappa shape index (κ2) is 3.93. The van der Waals surface area contributed by atoms with Crippen LogP contribution in [-0.4, -0.2) is 4.98 Å². The van der Waals surface area contributed by atoms with Crippen LogP contribution in [0.5, 0.6) is 0 Å². The Morgan fingerprint density at radius 2 is 2.15 bits per heavy atom. The largest absolute Gasteiger partial charge is 0.325 e. The number of hydrogen-bond donors (Lipinski definition) is 1. The van der Waals surface area contributed by atoms with E-state index in [1.807, 2.05) is 0 Å². The van der Waals surface area contributed by atoms with E-state index in [1.165, 1.54) is 0 Å². The summed E-state index contributed by atoms with van der Waals surface area (Å²) in [6.45, 7) is -0.170. The van der Waals surface area contributed by atoms with E-state index in [1.54, 1.807) is 0 Å². The van der Waals surface area contributed by atoms with E-state index in [9.17, 15) is 13.2 Å². The van der Waals surface area contributed by atoms with E-state index in [4.69, 9.17) is 17.3 Å². The van der Waals surface area contributed by atoms with Gasteiger partial charge in [-0.05, 0) is 0 Å². The van der Waals surface area contributed by atoms with Gasteiger partial charge in [0.2, 0.25) is 0 Å². The zero-order valence-corrected chi connectivity index (χ0v) is 7.15. The van der Waals surface area contributed by atoms with Gasteiger partial charge in [-0.2, -0.15) is 0 Å². The van der Waals surface area contributed by atoms with Crippen LogP contribution >= 0.6 is 11.6 Å². The van der Waals surface area contributed by atoms with E-state index >= 15 is 0 Å². The second-order valence-electron chi connectivity index (χ2n) is 2.29. The molecule has 13 heavy (non-hydrogen) atoms. The van der Waals surface area contributed by atoms with Crippen LogP contribution in [0.25, 0.3) is 0 Å². The molecule has 1 aromatic heterocycles. The van der Waals surface area contributed by atoms with E-state index in [0.29, 0.717) is 6.07 Å². The highest BCUT2D eigenvalue weighted by Crippen LogP contribution is 2.24. The number of rotatable bonds is 2. The topological polar surface area (TPSA) is 38.9 Å². The van der Waals surface area contributed by atoms with Crippen molar-refractivity contribution >= 4 is 11.6 Å². The van der Waals surface area contributed by atoms with Crippen molar-refractivity contribution in [1.29, 1.82) is 0 Å². The van der Waals surface area contributed by atoms with Crippen molar-refractivity contribution in [1.82, 2.24) is 4.98 Å². The van der Waals surface area contributed by atoms with Gasteiger partial charge in [-0.15, -0.1) is 0 Å². The van der Waals surface area contributed by atoms with Crippen molar-refractivity contribution in [2.75, 3.05) is 0 Å². The van der Waals surface area contributed by atoms with Gasteiger partial charge in [-0.1, -0.05) is 11.6 Å². The summed E-state index contributed by atoms with van der Waals surface area (Å²) in [6.07, 6.45) is -2.82. The van der Waals surface area contributed by atoms with Crippen LogP contribution in [0.3, 0.4) is 0 Å². The molecule has 0 amide bonds. The molecule has 0 spiro atoms. The van der Waals surface area contributed by atoms with Gasteiger partial charge >= 0.3 is 0 Å². The summed E-state index contributed by atoms with van der Waals surface area (Å²) < 4.78 is 37.0. The molecule has 0 fully saturated rings. The third kappa shape index (κ3) is 2.10. The lowest BCUT2D eigenvalue weighted by Gasteiger charge is -2.04. The van der Waals surface area contributed by atoms with Crippen molar-refractivity contribution in [3.8, 4) is 0 Å². The molecule has 72 valence electrons. The van der Waals surface area contributed by atoms with E-state index in [0.717, 1.165) is 0 Å². The first-order chi connectivity index (χ1) is 6.06. The lowest BCUT2D eigenvalue weighted by molar-refractivity contribution is 0.145. The summed E-state index contributed by atoms with van der Waals surface area (Å²) in [4.78, 5) is 3.40. The van der Waals surface area contributed by atoms with Crippen molar-refractivity contribution in [2.24, 2.45) is 5.73 Å². The smallest absolute Gasteiger partial charge is 0.280 e. The van der Waals surface area contributed by atoms with Crippen LogP contribution < -0.4 is 5.73 Å². The zero-order chi connectivity index (χ0) is 10.0. The van der Waals surface area contributed by atoms with Crippen LogP contribution in [-0.2, 0) is 6.54 Å². The van der Waals surface area contributed by atoms with Crippen LogP contribution in [0, 0.1) is 5.82 Å². The normalized spacial score (nSPS) is 10.9. The minimum Gasteiger partial charge on any atom is -0.325 e. The van der Waals surface area contributed by atoms with Gasteiger partial charge in [0, 0.05) is 12.6 Å². The first-order valence-corrected chi connectivity index (χ1v) is 3.77. The SMILES string of the molecule is NCc1nc(C(F)F)cc(F)c1Cl. The Bertz CT molecular complexity index is 317. The summed E-state index contributed by atoms with van der Waals surface area (Å²) in [5.74, 6) is -0.924. The average molecular weight is 211 g/mol. The molecule has 0 bridgehead atoms. The molecule has 2 N–H and O–H groups in total. The monoisotopic (exact) mass is 210 g/mol. The van der Waals surface area contributed by atoms with Gasteiger partial charge in [-0.3, -0.25) is 0 Å². The Balaban J connectivity index is 3.22. The maximum absolute atomic E-state index is 12.8. The summed E-state index contributed by atoms with van der Waals surface area (Å²) >= 11 is 5.41. The van der Waals surface area contributed by atoms with Crippen molar-refractivity contribution in [2.45, 2.75) is 13.0 Å². The molecular formula is C7H6ClF3N2. The van der Waals surface area contributed by atoms with Crippen LogP contribution in [0.4, 0.5) is 13.2 Å². The first-order valence-electron chi connectivity index (χ1n) is 3.39. The first kappa shape index (κ1) is 10.3. The minimum absolute atomic E-state index is 0.0584. The number of nitrogens with zero attached hydrogens (tertiary/aromatic N) is 1. The molecule has 2 nitrogen and oxygen atoms in total. The van der Waals surface area contributed by atoms with Gasteiger partial charge in [0.05, 0.1) is 10.7 Å². The molecule has 0 aliphatic rings. The molecule has 0 aliphatic heterocycles. The fraction of sp³-hybridized carbons (Fsp3) is 0.286. The number of nitrogens with two attached hydrogens (primary N) is 1. The molecular weight excluding hydrogens is 205 g/mol. The molecule has 0 saturated heterocycles. The number of halogens is 4. The molecule has 6 heteroatoms. The molecule has 0 aromatic carbocycles. The fourth-order valence-corrected chi connectivity index (χ4v) is 0.989. The highest BCUT2D eigenvalue weighted by Gasteiger charge is 2.15. The Hall–Kier alpha value is -0.810. The van der Waals surface area contributed by atoms with Crippen molar-refractivity contribution in [3.05, 3.63) is 28.3 Å². The molecule has 0 radical (unpaired) electrons. The molecule has 0 atom stereocenters. The summed E-state index contributed by atoms with van der Waals surface area (Å²) in [7, 11) is 0. The van der Waals surface area contributed by atoms with E-state index in [2.05, 4.69) is 4.98 Å². The van der Waals surface area contributed by atoms with Gasteiger partial charge in [-0.25, -0.2) is 18.2 Å². The maximum atomic E-state index is 12.8. The molecule has 0 aliphatic carbocycles. The number of alkyl halides is 2. The third-order valence-corrected chi connectivity index (χ3v) is 1.82. The zero-order valence-electron chi connectivity index (χ0n) is 6.40. The number of hydrogen-bond acceptors (Lipinski definition) is 2. The highest BCUT2D eigenvalue weighted by atomic mass is 35.5. The summed E-state index contributed by atoms with van der Waals surface area (Å²) in [5, 5.41) is -0.299. The Morgan fingerprint density at radius 1 is 1.54 bits per heavy atom. The fourth-order valence-electron chi connectivity index (χ4n) is 0.815. The van der Waals surface area contributed by atoms with Crippen LogP contribution in [0.1, 0.15) is 17.8 Å². The minimum atomic E-state index is -2.82. The van der Waals surface area contributed by atoms with E-state index < -0.39 is 17.9 Å². The van der Waals surface area contributed by atoms with Crippen molar-refractivity contribution in [3.63, 3.8) is 0 Å². The molecule has 0 unspecified atom stereocenters. The quantitative estimate of drug-likeness (QED) is 0.813. The lowest BCUT2D eigenvalue weighted by Crippen LogP contribution is -2.05. The van der Waals surface area contributed by atoms with E-state index in [-0.39, 0.29) is 17.3 Å².